The van der Waals surface area contributed by atoms with E-state index >= 15 is 0 Å². The van der Waals surface area contributed by atoms with E-state index in [1.807, 2.05) is 58.0 Å². The van der Waals surface area contributed by atoms with Gasteiger partial charge >= 0.3 is 0 Å². The number of nitrogens with two attached hydrogens (primary N) is 1. The fourth-order valence-electron chi connectivity index (χ4n) is 2.74. The summed E-state index contributed by atoms with van der Waals surface area (Å²) < 4.78 is 31.2. The van der Waals surface area contributed by atoms with Gasteiger partial charge in [0.05, 0.1) is 12.7 Å². The van der Waals surface area contributed by atoms with Crippen LogP contribution in [0.25, 0.3) is 11.1 Å². The Morgan fingerprint density at radius 3 is 2.28 bits per heavy atom. The molecule has 0 bridgehead atoms. The third kappa shape index (κ3) is 8.12. The number of aryl methyl sites for hydroxylation is 1. The molecule has 3 rings (SSSR count). The number of rotatable bonds is 4. The first-order chi connectivity index (χ1) is 14.7. The lowest BCUT2D eigenvalue weighted by Crippen LogP contribution is -2.14. The maximum atomic E-state index is 12.3. The number of hydrogen-bond acceptors (Lipinski definition) is 7. The maximum absolute atomic E-state index is 12.3. The van der Waals surface area contributed by atoms with Crippen LogP contribution in [0.1, 0.15) is 37.7 Å². The molecule has 4 N–H and O–H groups in total. The summed E-state index contributed by atoms with van der Waals surface area (Å²) >= 11 is 0. The molecular formula is C22H28N4O5S. The molecule has 10 heteroatoms. The van der Waals surface area contributed by atoms with Gasteiger partial charge < -0.3 is 15.6 Å². The summed E-state index contributed by atoms with van der Waals surface area (Å²) in [5.74, 6) is 1.54. The average Bonchev–Trinajstić information content (AvgIpc) is 3.10. The summed E-state index contributed by atoms with van der Waals surface area (Å²) in [5, 5.41) is 6.69. The van der Waals surface area contributed by atoms with Crippen molar-refractivity contribution in [2.75, 3.05) is 17.3 Å². The number of carbonyl (C=O) groups is 1. The zero-order valence-electron chi connectivity index (χ0n) is 18.7. The second-order valence-corrected chi connectivity index (χ2v) is 9.87. The van der Waals surface area contributed by atoms with Gasteiger partial charge in [0.1, 0.15) is 11.6 Å². The Kier molecular flexibility index (Phi) is 7.76. The Balaban J connectivity index is 0.000000654. The van der Waals surface area contributed by atoms with E-state index in [0.717, 1.165) is 28.0 Å². The van der Waals surface area contributed by atoms with Crippen LogP contribution in [-0.2, 0) is 26.7 Å². The summed E-state index contributed by atoms with van der Waals surface area (Å²) in [6.45, 7) is 8.08. The molecule has 1 amide bonds. The largest absolute Gasteiger partial charge is 0.384 e. The lowest BCUT2D eigenvalue weighted by atomic mass is 9.93. The lowest BCUT2D eigenvalue weighted by Gasteiger charge is -2.12. The fourth-order valence-corrected chi connectivity index (χ4v) is 2.74. The predicted octanol–water partition coefficient (Wildman–Crippen LogP) is 3.61. The van der Waals surface area contributed by atoms with Gasteiger partial charge in [0.15, 0.2) is 5.82 Å². The lowest BCUT2D eigenvalue weighted by molar-refractivity contribution is -0.115. The molecule has 1 aromatic carbocycles. The highest BCUT2D eigenvalue weighted by atomic mass is 32.2. The molecule has 0 saturated carbocycles. The molecular weight excluding hydrogens is 432 g/mol. The van der Waals surface area contributed by atoms with Crippen molar-refractivity contribution in [3.05, 3.63) is 59.5 Å². The van der Waals surface area contributed by atoms with E-state index < -0.39 is 10.1 Å². The van der Waals surface area contributed by atoms with Crippen LogP contribution in [0, 0.1) is 6.92 Å². The second-order valence-electron chi connectivity index (χ2n) is 8.41. The minimum Gasteiger partial charge on any atom is -0.384 e. The highest BCUT2D eigenvalue weighted by Gasteiger charge is 2.20. The van der Waals surface area contributed by atoms with Crippen LogP contribution in [0.4, 0.5) is 11.6 Å². The monoisotopic (exact) mass is 460 g/mol. The summed E-state index contributed by atoms with van der Waals surface area (Å²) in [4.78, 5) is 16.4. The molecule has 0 saturated heterocycles. The van der Waals surface area contributed by atoms with E-state index in [2.05, 4.69) is 15.5 Å². The van der Waals surface area contributed by atoms with Gasteiger partial charge in [0, 0.05) is 23.2 Å². The third-order valence-corrected chi connectivity index (χ3v) is 4.28. The number of nitrogen functional groups attached to an aromatic ring is 1. The summed E-state index contributed by atoms with van der Waals surface area (Å²) in [6.07, 6.45) is 2.74. The van der Waals surface area contributed by atoms with Crippen molar-refractivity contribution in [3.8, 4) is 11.1 Å². The molecule has 3 aromatic rings. The zero-order valence-corrected chi connectivity index (χ0v) is 19.5. The molecule has 0 unspecified atom stereocenters. The van der Waals surface area contributed by atoms with Crippen LogP contribution in [0.2, 0.25) is 0 Å². The predicted molar refractivity (Wildman–Crippen MR) is 124 cm³/mol. The van der Waals surface area contributed by atoms with E-state index in [-0.39, 0.29) is 17.7 Å². The van der Waals surface area contributed by atoms with Gasteiger partial charge in [-0.05, 0) is 29.7 Å². The molecule has 0 aliphatic rings. The van der Waals surface area contributed by atoms with Crippen molar-refractivity contribution >= 4 is 27.7 Å². The van der Waals surface area contributed by atoms with Gasteiger partial charge in [0.25, 0.3) is 10.1 Å². The van der Waals surface area contributed by atoms with E-state index in [9.17, 15) is 13.2 Å². The fraction of sp³-hybridized carbons (Fsp3) is 0.318. The van der Waals surface area contributed by atoms with Gasteiger partial charge in [-0.2, -0.15) is 8.42 Å². The van der Waals surface area contributed by atoms with Crippen LogP contribution < -0.4 is 11.1 Å². The second kappa shape index (κ2) is 9.92. The van der Waals surface area contributed by atoms with Crippen molar-refractivity contribution in [2.24, 2.45) is 0 Å². The minimum atomic E-state index is -3.67. The molecule has 0 radical (unpaired) electrons. The molecule has 2 aromatic heterocycles. The van der Waals surface area contributed by atoms with Crippen LogP contribution in [-0.4, -0.2) is 35.3 Å². The molecule has 9 nitrogen and oxygen atoms in total. The highest BCUT2D eigenvalue weighted by molar-refractivity contribution is 7.85. The first-order valence-corrected chi connectivity index (χ1v) is 11.6. The number of aromatic nitrogens is 2. The molecule has 0 aliphatic heterocycles. The summed E-state index contributed by atoms with van der Waals surface area (Å²) in [7, 11) is -3.67. The molecule has 32 heavy (non-hydrogen) atoms. The van der Waals surface area contributed by atoms with Crippen LogP contribution in [0.3, 0.4) is 0 Å². The minimum absolute atomic E-state index is 0.137. The van der Waals surface area contributed by atoms with Crippen LogP contribution >= 0.6 is 0 Å². The first kappa shape index (κ1) is 25.0. The van der Waals surface area contributed by atoms with Crippen molar-refractivity contribution in [1.29, 1.82) is 0 Å². The van der Waals surface area contributed by atoms with Gasteiger partial charge in [0.2, 0.25) is 5.91 Å². The summed E-state index contributed by atoms with van der Waals surface area (Å²) in [5.41, 5.74) is 9.59. The van der Waals surface area contributed by atoms with E-state index in [1.165, 1.54) is 0 Å². The first-order valence-electron chi connectivity index (χ1n) is 9.73. The number of anilines is 2. The van der Waals surface area contributed by atoms with E-state index in [1.54, 1.807) is 12.3 Å². The Morgan fingerprint density at radius 1 is 1.19 bits per heavy atom. The third-order valence-electron chi connectivity index (χ3n) is 4.28. The van der Waals surface area contributed by atoms with Gasteiger partial charge in [-0.3, -0.25) is 9.35 Å². The highest BCUT2D eigenvalue weighted by Crippen LogP contribution is 2.25. The van der Waals surface area contributed by atoms with Crippen LogP contribution in [0.5, 0.6) is 0 Å². The van der Waals surface area contributed by atoms with E-state index in [0.29, 0.717) is 17.9 Å². The molecule has 0 spiro atoms. The smallest absolute Gasteiger partial charge is 0.261 e. The normalized spacial score (nSPS) is 11.4. The van der Waals surface area contributed by atoms with Crippen molar-refractivity contribution in [2.45, 2.75) is 39.5 Å². The molecule has 2 heterocycles. The maximum Gasteiger partial charge on any atom is 0.261 e. The Bertz CT molecular complexity index is 1170. The van der Waals surface area contributed by atoms with Gasteiger partial charge in [-0.25, -0.2) is 4.98 Å². The van der Waals surface area contributed by atoms with Crippen LogP contribution in [0.15, 0.2) is 47.1 Å². The van der Waals surface area contributed by atoms with Crippen molar-refractivity contribution in [3.63, 3.8) is 0 Å². The molecule has 0 aliphatic carbocycles. The number of carbonyl (C=O) groups excluding carboxylic acids is 1. The summed E-state index contributed by atoms with van der Waals surface area (Å²) in [6, 6.07) is 11.5. The number of pyridine rings is 1. The average molecular weight is 461 g/mol. The quantitative estimate of drug-likeness (QED) is 0.500. The number of hydrogen-bond donors (Lipinski definition) is 3. The standard InChI is InChI=1S/C21H24N4O2.CH4O3S/c1-13-9-18(22)23-12-16(13)15-7-5-14(6-8-15)10-20(26)24-19-11-17(27-25-19)21(2,3)4;1-5(2,3)4/h5-9,11-12H,10H2,1-4H3,(H2,22,23)(H,24,25,26);1H3,(H,2,3,4). The number of nitrogens with one attached hydrogen (secondary N) is 1. The van der Waals surface area contributed by atoms with Gasteiger partial charge in [-0.1, -0.05) is 50.2 Å². The van der Waals surface area contributed by atoms with E-state index in [4.69, 9.17) is 14.8 Å². The number of amides is 1. The number of nitrogens with zero attached hydrogens (tertiary/aromatic N) is 2. The topological polar surface area (TPSA) is 148 Å². The van der Waals surface area contributed by atoms with Crippen molar-refractivity contribution in [1.82, 2.24) is 10.1 Å². The Hall–Kier alpha value is -3.24. The molecule has 172 valence electrons. The SMILES string of the molecule is CS(=O)(=O)O.Cc1cc(N)ncc1-c1ccc(CC(=O)Nc2cc(C(C)(C)C)on2)cc1. The Labute approximate surface area is 187 Å². The van der Waals surface area contributed by atoms with Gasteiger partial charge in [-0.15, -0.1) is 0 Å². The number of benzene rings is 1. The zero-order chi connectivity index (χ0) is 24.1. The molecule has 0 fully saturated rings. The van der Waals surface area contributed by atoms with Crippen molar-refractivity contribution < 1.29 is 22.3 Å². The Morgan fingerprint density at radius 2 is 1.78 bits per heavy atom. The molecule has 0 atom stereocenters.